The van der Waals surface area contributed by atoms with Gasteiger partial charge in [-0.05, 0) is 38.1 Å². The summed E-state index contributed by atoms with van der Waals surface area (Å²) in [6.07, 6.45) is 0.144. The summed E-state index contributed by atoms with van der Waals surface area (Å²) in [5.41, 5.74) is 0.595. The molecule has 0 bridgehead atoms. The third-order valence-corrected chi connectivity index (χ3v) is 1.93. The summed E-state index contributed by atoms with van der Waals surface area (Å²) < 4.78 is 7.81. The van der Waals surface area contributed by atoms with Crippen molar-refractivity contribution >= 4 is 22.1 Å². The Kier molecular flexibility index (Phi) is 3.95. The van der Waals surface area contributed by atoms with Crippen LogP contribution in [-0.4, -0.2) is 12.0 Å². The first-order valence-corrected chi connectivity index (χ1v) is 5.10. The Morgan fingerprint density at radius 2 is 1.93 bits per heavy atom. The Hall–Kier alpha value is -1.03. The van der Waals surface area contributed by atoms with Gasteiger partial charge in [0.25, 0.3) is 5.91 Å². The lowest BCUT2D eigenvalue weighted by Crippen LogP contribution is -2.11. The summed E-state index contributed by atoms with van der Waals surface area (Å²) in [6.45, 7) is 3.91. The first kappa shape index (κ1) is 11.0. The zero-order valence-electron chi connectivity index (χ0n) is 8.08. The molecule has 0 radical (unpaired) electrons. The van der Waals surface area contributed by atoms with Crippen molar-refractivity contribution in [1.29, 1.82) is 0 Å². The molecule has 1 N–H and O–H groups in total. The van der Waals surface area contributed by atoms with E-state index in [9.17, 15) is 4.79 Å². The Bertz CT molecular complexity index is 308. The van der Waals surface area contributed by atoms with E-state index in [2.05, 4.69) is 20.5 Å². The van der Waals surface area contributed by atoms with Crippen molar-refractivity contribution in [2.24, 2.45) is 0 Å². The quantitative estimate of drug-likeness (QED) is 0.846. The van der Waals surface area contributed by atoms with Gasteiger partial charge < -0.3 is 4.74 Å². The number of carbonyl (C=O) groups is 1. The van der Waals surface area contributed by atoms with Crippen LogP contribution >= 0.6 is 16.1 Å². The van der Waals surface area contributed by atoms with Crippen LogP contribution in [0.1, 0.15) is 24.2 Å². The van der Waals surface area contributed by atoms with Crippen LogP contribution in [-0.2, 0) is 0 Å². The number of rotatable bonds is 3. The molecule has 1 amide bonds. The second-order valence-electron chi connectivity index (χ2n) is 3.11. The van der Waals surface area contributed by atoms with E-state index >= 15 is 0 Å². The second kappa shape index (κ2) is 5.00. The van der Waals surface area contributed by atoms with Crippen LogP contribution in [0.2, 0.25) is 0 Å². The van der Waals surface area contributed by atoms with Crippen molar-refractivity contribution in [2.45, 2.75) is 20.0 Å². The van der Waals surface area contributed by atoms with Gasteiger partial charge in [0.05, 0.1) is 6.10 Å². The van der Waals surface area contributed by atoms with Gasteiger partial charge in [0, 0.05) is 21.7 Å². The third-order valence-electron chi connectivity index (χ3n) is 1.57. The maximum absolute atomic E-state index is 11.1. The second-order valence-corrected chi connectivity index (χ2v) is 3.51. The normalized spacial score (nSPS) is 10.0. The fourth-order valence-electron chi connectivity index (χ4n) is 1.01. The number of hydrogen-bond acceptors (Lipinski definition) is 2. The molecule has 14 heavy (non-hydrogen) atoms. The van der Waals surface area contributed by atoms with Gasteiger partial charge in [0.2, 0.25) is 0 Å². The van der Waals surface area contributed by atoms with Crippen LogP contribution in [0.5, 0.6) is 5.75 Å². The Morgan fingerprint density at radius 1 is 1.36 bits per heavy atom. The van der Waals surface area contributed by atoms with Crippen molar-refractivity contribution in [3.05, 3.63) is 29.8 Å². The van der Waals surface area contributed by atoms with Crippen LogP contribution in [0.4, 0.5) is 0 Å². The van der Waals surface area contributed by atoms with Gasteiger partial charge in [-0.25, -0.2) is 0 Å². The number of ether oxygens (including phenoxy) is 1. The lowest BCUT2D eigenvalue weighted by atomic mass is 10.2. The van der Waals surface area contributed by atoms with E-state index in [0.717, 1.165) is 5.75 Å². The van der Waals surface area contributed by atoms with Gasteiger partial charge in [0.1, 0.15) is 5.75 Å². The van der Waals surface area contributed by atoms with E-state index in [1.807, 2.05) is 13.8 Å². The van der Waals surface area contributed by atoms with Crippen LogP contribution in [0.3, 0.4) is 0 Å². The van der Waals surface area contributed by atoms with Crippen molar-refractivity contribution in [3.63, 3.8) is 0 Å². The van der Waals surface area contributed by atoms with Crippen LogP contribution < -0.4 is 9.08 Å². The van der Waals surface area contributed by atoms with E-state index in [0.29, 0.717) is 5.56 Å². The Balaban J connectivity index is 2.73. The highest BCUT2D eigenvalue weighted by molar-refractivity contribution is 9.08. The molecular weight excluding hydrogens is 246 g/mol. The Morgan fingerprint density at radius 3 is 2.36 bits per heavy atom. The molecule has 4 heteroatoms. The molecule has 0 heterocycles. The van der Waals surface area contributed by atoms with Gasteiger partial charge in [-0.1, -0.05) is 0 Å². The summed E-state index contributed by atoms with van der Waals surface area (Å²) in [5, 5.41) is 0. The molecule has 0 aromatic heterocycles. The predicted molar refractivity (Wildman–Crippen MR) is 58.6 cm³/mol. The molecular formula is C10H12BrNO2. The maximum Gasteiger partial charge on any atom is 0.261 e. The fraction of sp³-hybridized carbons (Fsp3) is 0.300. The van der Waals surface area contributed by atoms with E-state index in [1.165, 1.54) is 0 Å². The average Bonchev–Trinajstić information content (AvgIpc) is 2.17. The SMILES string of the molecule is CC(C)Oc1ccc(C(=O)NBr)cc1. The molecule has 0 unspecified atom stereocenters. The molecule has 0 fully saturated rings. The van der Waals surface area contributed by atoms with Crippen molar-refractivity contribution in [2.75, 3.05) is 0 Å². The highest BCUT2D eigenvalue weighted by Gasteiger charge is 2.03. The van der Waals surface area contributed by atoms with Crippen LogP contribution in [0.15, 0.2) is 24.3 Å². The van der Waals surface area contributed by atoms with Crippen LogP contribution in [0, 0.1) is 0 Å². The van der Waals surface area contributed by atoms with Crippen molar-refractivity contribution in [1.82, 2.24) is 4.34 Å². The monoisotopic (exact) mass is 257 g/mol. The van der Waals surface area contributed by atoms with E-state index in [1.54, 1.807) is 24.3 Å². The number of benzene rings is 1. The molecule has 1 aromatic carbocycles. The fourth-order valence-corrected chi connectivity index (χ4v) is 1.24. The molecule has 0 spiro atoms. The minimum absolute atomic E-state index is 0.144. The van der Waals surface area contributed by atoms with Gasteiger partial charge in [-0.2, -0.15) is 0 Å². The maximum atomic E-state index is 11.1. The molecule has 0 atom stereocenters. The van der Waals surface area contributed by atoms with Gasteiger partial charge in [-0.15, -0.1) is 0 Å². The summed E-state index contributed by atoms with van der Waals surface area (Å²) in [7, 11) is 0. The molecule has 3 nitrogen and oxygen atoms in total. The minimum atomic E-state index is -0.166. The smallest absolute Gasteiger partial charge is 0.261 e. The summed E-state index contributed by atoms with van der Waals surface area (Å²) in [4.78, 5) is 11.1. The standard InChI is InChI=1S/C10H12BrNO2/c1-7(2)14-9-5-3-8(4-6-9)10(13)12-11/h3-7H,1-2H3,(H,12,13). The van der Waals surface area contributed by atoms with Crippen LogP contribution in [0.25, 0.3) is 0 Å². The average molecular weight is 258 g/mol. The molecule has 1 aromatic rings. The zero-order valence-corrected chi connectivity index (χ0v) is 9.67. The first-order chi connectivity index (χ1) is 6.63. The molecule has 0 aliphatic heterocycles. The largest absolute Gasteiger partial charge is 0.491 e. The lowest BCUT2D eigenvalue weighted by molar-refractivity contribution is 0.0986. The molecule has 0 saturated carbocycles. The molecule has 0 aliphatic carbocycles. The zero-order chi connectivity index (χ0) is 10.6. The minimum Gasteiger partial charge on any atom is -0.491 e. The summed E-state index contributed by atoms with van der Waals surface area (Å²) in [5.74, 6) is 0.604. The lowest BCUT2D eigenvalue weighted by Gasteiger charge is -2.09. The number of halogens is 1. The number of amides is 1. The first-order valence-electron chi connectivity index (χ1n) is 4.31. The van der Waals surface area contributed by atoms with Gasteiger partial charge in [-0.3, -0.25) is 9.14 Å². The number of carbonyl (C=O) groups excluding carboxylic acids is 1. The number of nitrogens with one attached hydrogen (secondary N) is 1. The summed E-state index contributed by atoms with van der Waals surface area (Å²) >= 11 is 2.88. The van der Waals surface area contributed by atoms with Crippen molar-refractivity contribution < 1.29 is 9.53 Å². The van der Waals surface area contributed by atoms with E-state index < -0.39 is 0 Å². The molecule has 76 valence electrons. The molecule has 0 saturated heterocycles. The molecule has 1 rings (SSSR count). The van der Waals surface area contributed by atoms with E-state index in [-0.39, 0.29) is 12.0 Å². The highest BCUT2D eigenvalue weighted by atomic mass is 79.9. The highest BCUT2D eigenvalue weighted by Crippen LogP contribution is 2.13. The number of hydrogen-bond donors (Lipinski definition) is 1. The van der Waals surface area contributed by atoms with Gasteiger partial charge >= 0.3 is 0 Å². The summed E-state index contributed by atoms with van der Waals surface area (Å²) in [6, 6.07) is 6.98. The molecule has 0 aliphatic rings. The Labute approximate surface area is 91.8 Å². The topological polar surface area (TPSA) is 38.3 Å². The van der Waals surface area contributed by atoms with E-state index in [4.69, 9.17) is 4.74 Å². The van der Waals surface area contributed by atoms with Gasteiger partial charge in [0.15, 0.2) is 0 Å². The van der Waals surface area contributed by atoms with Crippen molar-refractivity contribution in [3.8, 4) is 5.75 Å². The predicted octanol–water partition coefficient (Wildman–Crippen LogP) is 2.51. The third kappa shape index (κ3) is 3.03.